The smallest absolute Gasteiger partial charge is 0.0879 e. The van der Waals surface area contributed by atoms with Gasteiger partial charge in [0.15, 0.2) is 0 Å². The minimum Gasteiger partial charge on any atom is -0.311 e. The average Bonchev–Trinajstić information content (AvgIpc) is 1.35. The fourth-order valence-electron chi connectivity index (χ4n) is 0.144. The van der Waals surface area contributed by atoms with Crippen LogP contribution in [0.25, 0.3) is 0 Å². The second kappa shape index (κ2) is 2.66. The van der Waals surface area contributed by atoms with E-state index in [1.54, 1.807) is 6.92 Å². The third-order valence-electron chi connectivity index (χ3n) is 0.295. The Balaban J connectivity index is 2.81. The summed E-state index contributed by atoms with van der Waals surface area (Å²) in [6, 6.07) is 0. The fraction of sp³-hybridized carbons (Fsp3) is 0.667. The van der Waals surface area contributed by atoms with Crippen molar-refractivity contribution in [2.45, 2.75) is 13.1 Å². The Kier molecular flexibility index (Phi) is 2.40. The van der Waals surface area contributed by atoms with E-state index in [0.717, 1.165) is 0 Å². The Morgan fingerprint density at radius 1 is 2.00 bits per heavy atom. The number of nitrogens with two attached hydrogens (primary N) is 1. The van der Waals surface area contributed by atoms with Crippen LogP contribution in [0.1, 0.15) is 6.92 Å². The molecule has 0 amide bonds. The van der Waals surface area contributed by atoms with Gasteiger partial charge < -0.3 is 5.73 Å². The predicted octanol–water partition coefficient (Wildman–Crippen LogP) is -0.504. The molecular weight excluding hydrogens is 78.1 g/mol. The highest BCUT2D eigenvalue weighted by molar-refractivity contribution is 5.22. The first-order chi connectivity index (χ1) is 2.77. The van der Waals surface area contributed by atoms with Gasteiger partial charge in [-0.25, -0.2) is 0 Å². The van der Waals surface area contributed by atoms with E-state index in [9.17, 15) is 0 Å². The van der Waals surface area contributed by atoms with E-state index >= 15 is 0 Å². The van der Waals surface area contributed by atoms with Crippen LogP contribution in [-0.2, 0) is 0 Å². The van der Waals surface area contributed by atoms with Crippen LogP contribution in [-0.4, -0.2) is 12.9 Å². The monoisotopic (exact) mass is 87.1 g/mol. The highest BCUT2D eigenvalue weighted by Gasteiger charge is 1.79. The number of nitrogens with one attached hydrogen (secondary N) is 1. The molecule has 3 N–H and O–H groups in total. The zero-order valence-corrected chi connectivity index (χ0v) is 3.81. The van der Waals surface area contributed by atoms with Crippen molar-refractivity contribution in [3.05, 3.63) is 0 Å². The van der Waals surface area contributed by atoms with Gasteiger partial charge >= 0.3 is 0 Å². The molecule has 0 rings (SSSR count). The lowest BCUT2D eigenvalue weighted by Crippen LogP contribution is -2.29. The molecule has 1 unspecified atom stereocenters. The molecule has 0 bridgehead atoms. The molecule has 0 saturated carbocycles. The van der Waals surface area contributed by atoms with E-state index in [0.29, 0.717) is 0 Å². The van der Waals surface area contributed by atoms with E-state index < -0.39 is 0 Å². The number of nitrogens with zero attached hydrogens (tertiary/aromatic N) is 1. The van der Waals surface area contributed by atoms with Crippen molar-refractivity contribution in [2.24, 2.45) is 10.8 Å². The van der Waals surface area contributed by atoms with Gasteiger partial charge in [0, 0.05) is 6.72 Å². The molecule has 0 aliphatic carbocycles. The summed E-state index contributed by atoms with van der Waals surface area (Å²) in [4.78, 5) is 0. The maximum atomic E-state index is 5.16. The van der Waals surface area contributed by atoms with Crippen LogP contribution in [0, 0.1) is 0 Å². The second-order valence-corrected chi connectivity index (χ2v) is 1.08. The summed E-state index contributed by atoms with van der Waals surface area (Å²) in [5, 5.41) is 3.31. The maximum Gasteiger partial charge on any atom is 0.0879 e. The molecular formula is C3H9N3. The summed E-state index contributed by atoms with van der Waals surface area (Å²) in [6.07, 6.45) is -0.0810. The molecule has 0 aromatic heterocycles. The van der Waals surface area contributed by atoms with E-state index in [4.69, 9.17) is 5.73 Å². The summed E-state index contributed by atoms with van der Waals surface area (Å²) in [7, 11) is 0. The number of hydrazone groups is 1. The molecule has 0 aromatic rings. The van der Waals surface area contributed by atoms with Crippen molar-refractivity contribution in [1.82, 2.24) is 5.43 Å². The molecule has 0 aromatic carbocycles. The molecule has 6 heavy (non-hydrogen) atoms. The van der Waals surface area contributed by atoms with E-state index in [1.807, 2.05) is 0 Å². The van der Waals surface area contributed by atoms with E-state index in [1.165, 1.54) is 0 Å². The van der Waals surface area contributed by atoms with Gasteiger partial charge in [0.2, 0.25) is 0 Å². The van der Waals surface area contributed by atoms with Crippen LogP contribution in [0.5, 0.6) is 0 Å². The third-order valence-corrected chi connectivity index (χ3v) is 0.295. The number of rotatable bonds is 2. The summed E-state index contributed by atoms with van der Waals surface area (Å²) < 4.78 is 0. The Hall–Kier alpha value is -0.570. The molecule has 1 atom stereocenters. The quantitative estimate of drug-likeness (QED) is 0.271. The van der Waals surface area contributed by atoms with Crippen molar-refractivity contribution in [3.8, 4) is 0 Å². The molecule has 0 heterocycles. The van der Waals surface area contributed by atoms with Gasteiger partial charge in [-0.15, -0.1) is 0 Å². The van der Waals surface area contributed by atoms with Crippen molar-refractivity contribution >= 4 is 6.72 Å². The van der Waals surface area contributed by atoms with Gasteiger partial charge in [-0.3, -0.25) is 5.43 Å². The van der Waals surface area contributed by atoms with Gasteiger partial charge in [0.25, 0.3) is 0 Å². The van der Waals surface area contributed by atoms with Gasteiger partial charge in [0.05, 0.1) is 6.17 Å². The zero-order valence-electron chi connectivity index (χ0n) is 3.81. The lowest BCUT2D eigenvalue weighted by atomic mass is 10.6. The largest absolute Gasteiger partial charge is 0.311 e. The van der Waals surface area contributed by atoms with Crippen molar-refractivity contribution in [1.29, 1.82) is 0 Å². The summed E-state index contributed by atoms with van der Waals surface area (Å²) in [6.45, 7) is 4.95. The molecule has 0 saturated heterocycles. The van der Waals surface area contributed by atoms with Crippen LogP contribution < -0.4 is 11.2 Å². The molecule has 0 aliphatic heterocycles. The third kappa shape index (κ3) is 3.43. The number of hydrogen-bond donors (Lipinski definition) is 2. The van der Waals surface area contributed by atoms with E-state index in [-0.39, 0.29) is 6.17 Å². The molecule has 3 nitrogen and oxygen atoms in total. The van der Waals surface area contributed by atoms with Crippen LogP contribution >= 0.6 is 0 Å². The average molecular weight is 87.1 g/mol. The summed E-state index contributed by atoms with van der Waals surface area (Å²) in [5.41, 5.74) is 7.66. The van der Waals surface area contributed by atoms with Crippen LogP contribution in [0.2, 0.25) is 0 Å². The summed E-state index contributed by atoms with van der Waals surface area (Å²) >= 11 is 0. The lowest BCUT2D eigenvalue weighted by molar-refractivity contribution is 0.599. The van der Waals surface area contributed by atoms with Crippen LogP contribution in [0.3, 0.4) is 0 Å². The Labute approximate surface area is 37.2 Å². The standard InChI is InChI=1S/C3H9N3/c1-3(4)6-5-2/h3,6H,2,4H2,1H3. The van der Waals surface area contributed by atoms with Crippen molar-refractivity contribution in [2.75, 3.05) is 0 Å². The van der Waals surface area contributed by atoms with Gasteiger partial charge in [-0.05, 0) is 6.92 Å². The molecule has 0 aliphatic rings. The lowest BCUT2D eigenvalue weighted by Gasteiger charge is -1.98. The maximum absolute atomic E-state index is 5.16. The summed E-state index contributed by atoms with van der Waals surface area (Å²) in [5.74, 6) is 0. The second-order valence-electron chi connectivity index (χ2n) is 1.08. The Bertz CT molecular complexity index is 41.3. The van der Waals surface area contributed by atoms with Crippen molar-refractivity contribution < 1.29 is 0 Å². The molecule has 0 fully saturated rings. The minimum atomic E-state index is -0.0810. The van der Waals surface area contributed by atoms with Crippen molar-refractivity contribution in [3.63, 3.8) is 0 Å². The van der Waals surface area contributed by atoms with Gasteiger partial charge in [-0.1, -0.05) is 0 Å². The minimum absolute atomic E-state index is 0.0810. The normalized spacial score (nSPS) is 13.0. The Morgan fingerprint density at radius 3 is 2.50 bits per heavy atom. The topological polar surface area (TPSA) is 50.4 Å². The molecule has 3 heteroatoms. The van der Waals surface area contributed by atoms with Crippen LogP contribution in [0.4, 0.5) is 0 Å². The van der Waals surface area contributed by atoms with Gasteiger partial charge in [0.1, 0.15) is 0 Å². The molecule has 0 radical (unpaired) electrons. The Morgan fingerprint density at radius 2 is 2.50 bits per heavy atom. The first-order valence-electron chi connectivity index (χ1n) is 1.74. The number of hydrogen-bond acceptors (Lipinski definition) is 3. The SMILES string of the molecule is C=NNC(C)N. The van der Waals surface area contributed by atoms with Crippen LogP contribution in [0.15, 0.2) is 5.10 Å². The molecule has 0 spiro atoms. The first-order valence-corrected chi connectivity index (χ1v) is 1.74. The highest BCUT2D eigenvalue weighted by atomic mass is 15.3. The zero-order chi connectivity index (χ0) is 4.99. The first kappa shape index (κ1) is 5.43. The fourth-order valence-corrected chi connectivity index (χ4v) is 0.144. The molecule has 36 valence electrons. The van der Waals surface area contributed by atoms with E-state index in [2.05, 4.69) is 17.2 Å². The predicted molar refractivity (Wildman–Crippen MR) is 26.3 cm³/mol. The van der Waals surface area contributed by atoms with Gasteiger partial charge in [-0.2, -0.15) is 5.10 Å². The highest BCUT2D eigenvalue weighted by Crippen LogP contribution is 1.59.